The molecule has 120 valence electrons. The van der Waals surface area contributed by atoms with Crippen LogP contribution in [0.1, 0.15) is 23.3 Å². The van der Waals surface area contributed by atoms with E-state index in [0.29, 0.717) is 5.69 Å². The Labute approximate surface area is 135 Å². The van der Waals surface area contributed by atoms with Crippen molar-refractivity contribution in [3.8, 4) is 5.75 Å². The zero-order chi connectivity index (χ0) is 15.8. The Morgan fingerprint density at radius 2 is 2.00 bits per heavy atom. The van der Waals surface area contributed by atoms with E-state index in [1.165, 1.54) is 0 Å². The predicted molar refractivity (Wildman–Crippen MR) is 88.6 cm³/mol. The van der Waals surface area contributed by atoms with E-state index < -0.39 is 0 Å². The third-order valence-corrected chi connectivity index (χ3v) is 5.15. The monoisotopic (exact) mass is 311 g/mol. The van der Waals surface area contributed by atoms with Gasteiger partial charge in [0.15, 0.2) is 0 Å². The van der Waals surface area contributed by atoms with Crippen molar-refractivity contribution in [1.29, 1.82) is 0 Å². The van der Waals surface area contributed by atoms with E-state index >= 15 is 0 Å². The van der Waals surface area contributed by atoms with Gasteiger partial charge in [0.2, 0.25) is 0 Å². The fourth-order valence-corrected chi connectivity index (χ4v) is 3.91. The number of nitrogens with one attached hydrogen (secondary N) is 2. The van der Waals surface area contributed by atoms with Crippen LogP contribution in [0.3, 0.4) is 0 Å². The second-order valence-corrected chi connectivity index (χ2v) is 6.60. The number of aromatic nitrogens is 1. The van der Waals surface area contributed by atoms with Gasteiger partial charge in [-0.15, -0.1) is 0 Å². The summed E-state index contributed by atoms with van der Waals surface area (Å²) < 4.78 is 5.21. The van der Waals surface area contributed by atoms with Gasteiger partial charge in [0.05, 0.1) is 7.11 Å². The van der Waals surface area contributed by atoms with Gasteiger partial charge in [0.1, 0.15) is 11.4 Å². The van der Waals surface area contributed by atoms with E-state index in [4.69, 9.17) is 4.74 Å². The van der Waals surface area contributed by atoms with Gasteiger partial charge in [-0.2, -0.15) is 0 Å². The van der Waals surface area contributed by atoms with Crippen molar-refractivity contribution in [2.24, 2.45) is 11.8 Å². The Morgan fingerprint density at radius 1 is 1.22 bits per heavy atom. The van der Waals surface area contributed by atoms with Crippen LogP contribution < -0.4 is 15.4 Å². The van der Waals surface area contributed by atoms with E-state index in [1.807, 2.05) is 24.3 Å². The summed E-state index contributed by atoms with van der Waals surface area (Å²) in [6.45, 7) is 2.18. The van der Waals surface area contributed by atoms with Gasteiger partial charge in [-0.1, -0.05) is 6.07 Å². The number of nitrogens with zero attached hydrogens (tertiary/aromatic N) is 1. The zero-order valence-corrected chi connectivity index (χ0v) is 13.2. The number of rotatable bonds is 3. The van der Waals surface area contributed by atoms with Gasteiger partial charge in [-0.05, 0) is 61.4 Å². The molecule has 2 fully saturated rings. The Hall–Kier alpha value is -2.14. The molecule has 1 saturated carbocycles. The first-order chi connectivity index (χ1) is 11.2. The van der Waals surface area contributed by atoms with Gasteiger partial charge in [-0.25, -0.2) is 0 Å². The molecule has 1 aliphatic heterocycles. The number of fused-ring (bicyclic) bond motifs is 2. The molecule has 2 N–H and O–H groups in total. The van der Waals surface area contributed by atoms with Crippen LogP contribution in [-0.4, -0.2) is 37.1 Å². The summed E-state index contributed by atoms with van der Waals surface area (Å²) >= 11 is 0. The van der Waals surface area contributed by atoms with Crippen molar-refractivity contribution in [3.05, 3.63) is 36.2 Å². The Morgan fingerprint density at radius 3 is 2.74 bits per heavy atom. The van der Waals surface area contributed by atoms with Gasteiger partial charge in [0.25, 0.3) is 5.91 Å². The molecule has 1 amide bonds. The summed E-state index contributed by atoms with van der Waals surface area (Å²) in [4.78, 5) is 16.8. The average Bonchev–Trinajstić information content (AvgIpc) is 3.15. The number of pyridine rings is 1. The molecule has 2 aliphatic rings. The first-order valence-corrected chi connectivity index (χ1v) is 8.18. The van der Waals surface area contributed by atoms with Crippen molar-refractivity contribution in [2.45, 2.75) is 18.9 Å². The topological polar surface area (TPSA) is 63.2 Å². The number of hydrogen-bond donors (Lipinski definition) is 2. The fourth-order valence-electron chi connectivity index (χ4n) is 3.91. The summed E-state index contributed by atoms with van der Waals surface area (Å²) in [5.74, 6) is 2.16. The van der Waals surface area contributed by atoms with Gasteiger partial charge in [0, 0.05) is 17.6 Å². The largest absolute Gasteiger partial charge is 0.497 e. The van der Waals surface area contributed by atoms with Crippen LogP contribution in [0.15, 0.2) is 30.5 Å². The van der Waals surface area contributed by atoms with E-state index in [-0.39, 0.29) is 11.9 Å². The summed E-state index contributed by atoms with van der Waals surface area (Å²) in [6.07, 6.45) is 3.89. The molecule has 1 aliphatic carbocycles. The standard InChI is InChI=1S/C18H21N3O2/c1-23-16-3-2-11-7-17(20-10-14(11)6-16)18(22)21-15-4-12-8-19-9-13(12)5-15/h2-3,6-7,10,12-13,15,19H,4-5,8-9H2,1H3,(H,21,22). The third-order valence-electron chi connectivity index (χ3n) is 5.15. The number of methoxy groups -OCH3 is 1. The number of carbonyl (C=O) groups excluding carboxylic acids is 1. The molecule has 0 bridgehead atoms. The molecular weight excluding hydrogens is 290 g/mol. The molecule has 1 aromatic carbocycles. The summed E-state index contributed by atoms with van der Waals surface area (Å²) in [7, 11) is 1.64. The van der Waals surface area contributed by atoms with Crippen LogP contribution in [0, 0.1) is 11.8 Å². The molecule has 5 nitrogen and oxygen atoms in total. The fraction of sp³-hybridized carbons (Fsp3) is 0.444. The second-order valence-electron chi connectivity index (χ2n) is 6.60. The molecule has 1 saturated heterocycles. The van der Waals surface area contributed by atoms with Crippen molar-refractivity contribution < 1.29 is 9.53 Å². The van der Waals surface area contributed by atoms with Crippen LogP contribution >= 0.6 is 0 Å². The average molecular weight is 311 g/mol. The number of hydrogen-bond acceptors (Lipinski definition) is 4. The van der Waals surface area contributed by atoms with Crippen LogP contribution in [0.25, 0.3) is 10.8 Å². The van der Waals surface area contributed by atoms with Crippen molar-refractivity contribution >= 4 is 16.7 Å². The third kappa shape index (κ3) is 2.77. The quantitative estimate of drug-likeness (QED) is 0.910. The van der Waals surface area contributed by atoms with Crippen LogP contribution in [0.5, 0.6) is 5.75 Å². The van der Waals surface area contributed by atoms with Crippen LogP contribution in [0.4, 0.5) is 0 Å². The predicted octanol–water partition coefficient (Wildman–Crippen LogP) is 1.97. The maximum atomic E-state index is 12.5. The molecule has 2 atom stereocenters. The molecule has 2 unspecified atom stereocenters. The van der Waals surface area contributed by atoms with Crippen LogP contribution in [-0.2, 0) is 0 Å². The Bertz CT molecular complexity index is 734. The molecule has 4 rings (SSSR count). The van der Waals surface area contributed by atoms with Crippen LogP contribution in [0.2, 0.25) is 0 Å². The first-order valence-electron chi connectivity index (χ1n) is 8.18. The summed E-state index contributed by atoms with van der Waals surface area (Å²) in [6, 6.07) is 7.91. The molecular formula is C18H21N3O2. The Kier molecular flexibility index (Phi) is 3.65. The molecule has 0 spiro atoms. The second kappa shape index (κ2) is 5.81. The lowest BCUT2D eigenvalue weighted by atomic mass is 10.0. The highest BCUT2D eigenvalue weighted by Crippen LogP contribution is 2.34. The zero-order valence-electron chi connectivity index (χ0n) is 13.2. The molecule has 2 heterocycles. The maximum absolute atomic E-state index is 12.5. The van der Waals surface area contributed by atoms with Gasteiger partial charge in [-0.3, -0.25) is 9.78 Å². The lowest BCUT2D eigenvalue weighted by Crippen LogP contribution is -2.34. The van der Waals surface area contributed by atoms with E-state index in [9.17, 15) is 4.79 Å². The minimum absolute atomic E-state index is 0.0688. The SMILES string of the molecule is COc1ccc2cc(C(=O)NC3CC4CNCC4C3)ncc2c1. The molecule has 1 aromatic heterocycles. The normalized spacial score (nSPS) is 26.2. The molecule has 0 radical (unpaired) electrons. The van der Waals surface area contributed by atoms with E-state index in [0.717, 1.165) is 54.3 Å². The van der Waals surface area contributed by atoms with Crippen molar-refractivity contribution in [1.82, 2.24) is 15.6 Å². The van der Waals surface area contributed by atoms with E-state index in [2.05, 4.69) is 15.6 Å². The highest BCUT2D eigenvalue weighted by Gasteiger charge is 2.37. The molecule has 23 heavy (non-hydrogen) atoms. The molecule has 2 aromatic rings. The highest BCUT2D eigenvalue weighted by molar-refractivity contribution is 5.96. The smallest absolute Gasteiger partial charge is 0.270 e. The highest BCUT2D eigenvalue weighted by atomic mass is 16.5. The van der Waals surface area contributed by atoms with Crippen molar-refractivity contribution in [3.63, 3.8) is 0 Å². The maximum Gasteiger partial charge on any atom is 0.270 e. The number of benzene rings is 1. The van der Waals surface area contributed by atoms with E-state index in [1.54, 1.807) is 13.3 Å². The van der Waals surface area contributed by atoms with Gasteiger partial charge < -0.3 is 15.4 Å². The minimum atomic E-state index is -0.0688. The number of amides is 1. The summed E-state index contributed by atoms with van der Waals surface area (Å²) in [5.41, 5.74) is 0.484. The number of carbonyl (C=O) groups is 1. The summed E-state index contributed by atoms with van der Waals surface area (Å²) in [5, 5.41) is 8.55. The Balaban J connectivity index is 1.49. The molecule has 5 heteroatoms. The number of ether oxygens (including phenoxy) is 1. The van der Waals surface area contributed by atoms with Gasteiger partial charge >= 0.3 is 0 Å². The lowest BCUT2D eigenvalue weighted by molar-refractivity contribution is 0.0931. The lowest BCUT2D eigenvalue weighted by Gasteiger charge is -2.13. The first kappa shape index (κ1) is 14.5. The minimum Gasteiger partial charge on any atom is -0.497 e. The van der Waals surface area contributed by atoms with Crippen molar-refractivity contribution in [2.75, 3.05) is 20.2 Å².